The molecule has 8 heteroatoms. The minimum absolute atomic E-state index is 0.103. The normalized spacial score (nSPS) is 17.7. The number of likely N-dealkylation sites (N-methyl/N-ethyl adjacent to an activating group) is 1. The van der Waals surface area contributed by atoms with Crippen LogP contribution in [0.1, 0.15) is 17.5 Å². The van der Waals surface area contributed by atoms with Crippen molar-refractivity contribution in [1.82, 2.24) is 9.80 Å². The molecule has 0 N–H and O–H groups in total. The van der Waals surface area contributed by atoms with Gasteiger partial charge in [0.05, 0.1) is 5.56 Å². The zero-order valence-electron chi connectivity index (χ0n) is 12.7. The summed E-state index contributed by atoms with van der Waals surface area (Å²) in [7, 11) is 2.03. The third kappa shape index (κ3) is 4.55. The summed E-state index contributed by atoms with van der Waals surface area (Å²) in [5, 5.41) is -0.380. The number of nitrogens with zero attached hydrogens (tertiary/aromatic N) is 2. The minimum Gasteiger partial charge on any atom is -0.304 e. The molecule has 0 atom stereocenters. The number of hydrogen-bond donors (Lipinski definition) is 0. The third-order valence-electron chi connectivity index (χ3n) is 4.06. The Balaban J connectivity index is 2.02. The van der Waals surface area contributed by atoms with Gasteiger partial charge < -0.3 is 9.80 Å². The average Bonchev–Trinajstić information content (AvgIpc) is 2.47. The van der Waals surface area contributed by atoms with Crippen molar-refractivity contribution in [2.75, 3.05) is 39.8 Å². The van der Waals surface area contributed by atoms with Gasteiger partial charge in [0.1, 0.15) is 0 Å². The van der Waals surface area contributed by atoms with Gasteiger partial charge in [-0.3, -0.25) is 0 Å². The van der Waals surface area contributed by atoms with Crippen LogP contribution in [0.2, 0.25) is 5.02 Å². The Morgan fingerprint density at radius 3 is 2.26 bits per heavy atom. The van der Waals surface area contributed by atoms with Crippen molar-refractivity contribution >= 4 is 11.6 Å². The predicted molar refractivity (Wildman–Crippen MR) is 78.6 cm³/mol. The first-order valence-electron chi connectivity index (χ1n) is 7.34. The number of rotatable bonds is 4. The lowest BCUT2D eigenvalue weighted by Crippen LogP contribution is -2.44. The number of benzene rings is 1. The van der Waals surface area contributed by atoms with E-state index in [-0.39, 0.29) is 17.0 Å². The van der Waals surface area contributed by atoms with Crippen molar-refractivity contribution < 1.29 is 22.0 Å². The van der Waals surface area contributed by atoms with Gasteiger partial charge in [-0.05, 0) is 32.5 Å². The fraction of sp³-hybridized carbons (Fsp3) is 0.600. The molecule has 0 amide bonds. The van der Waals surface area contributed by atoms with Gasteiger partial charge in [-0.25, -0.2) is 8.78 Å². The fourth-order valence-corrected chi connectivity index (χ4v) is 2.91. The molecule has 2 nitrogen and oxygen atoms in total. The summed E-state index contributed by atoms with van der Waals surface area (Å²) in [5.41, 5.74) is -1.85. The number of hydrogen-bond acceptors (Lipinski definition) is 2. The summed E-state index contributed by atoms with van der Waals surface area (Å²) in [5.74, 6) is -3.38. The van der Waals surface area contributed by atoms with Gasteiger partial charge in [-0.2, -0.15) is 13.2 Å². The van der Waals surface area contributed by atoms with Gasteiger partial charge in [-0.15, -0.1) is 0 Å². The number of alkyl halides is 3. The molecule has 1 aromatic rings. The van der Waals surface area contributed by atoms with Crippen molar-refractivity contribution in [1.29, 1.82) is 0 Å². The second-order valence-corrected chi connectivity index (χ2v) is 6.17. The summed E-state index contributed by atoms with van der Waals surface area (Å²) in [4.78, 5) is 4.38. The van der Waals surface area contributed by atoms with Crippen molar-refractivity contribution in [3.8, 4) is 0 Å². The highest BCUT2D eigenvalue weighted by Gasteiger charge is 2.37. The highest BCUT2D eigenvalue weighted by molar-refractivity contribution is 6.31. The first-order chi connectivity index (χ1) is 10.7. The molecule has 0 radical (unpaired) electrons. The van der Waals surface area contributed by atoms with Crippen LogP contribution < -0.4 is 0 Å². The second-order valence-electron chi connectivity index (χ2n) is 5.76. The smallest absolute Gasteiger partial charge is 0.304 e. The highest BCUT2D eigenvalue weighted by atomic mass is 35.5. The molecule has 2 rings (SSSR count). The van der Waals surface area contributed by atoms with Gasteiger partial charge in [-0.1, -0.05) is 11.6 Å². The average molecular weight is 357 g/mol. The van der Waals surface area contributed by atoms with E-state index >= 15 is 0 Å². The minimum atomic E-state index is -4.97. The molecule has 1 heterocycles. The fourth-order valence-electron chi connectivity index (χ4n) is 2.62. The number of halogens is 6. The molecule has 0 unspecified atom stereocenters. The maximum absolute atomic E-state index is 13.9. The van der Waals surface area contributed by atoms with Gasteiger partial charge in [0.25, 0.3) is 0 Å². The van der Waals surface area contributed by atoms with Gasteiger partial charge in [0, 0.05) is 36.8 Å². The Morgan fingerprint density at radius 2 is 1.70 bits per heavy atom. The standard InChI is InChI=1S/C15H18ClF5N2/c1-22-5-7-23(8-6-22)4-2-3-10-12(16)9-11(15(19,20)21)14(18)13(10)17/h9H,2-8H2,1H3. The summed E-state index contributed by atoms with van der Waals surface area (Å²) >= 11 is 5.73. The van der Waals surface area contributed by atoms with E-state index in [0.29, 0.717) is 19.0 Å². The highest BCUT2D eigenvalue weighted by Crippen LogP contribution is 2.36. The molecule has 1 aliphatic rings. The monoisotopic (exact) mass is 356 g/mol. The van der Waals surface area contributed by atoms with E-state index in [9.17, 15) is 22.0 Å². The van der Waals surface area contributed by atoms with E-state index in [2.05, 4.69) is 9.80 Å². The first kappa shape index (κ1) is 18.4. The summed E-state index contributed by atoms with van der Waals surface area (Å²) in [6.45, 7) is 4.31. The van der Waals surface area contributed by atoms with Gasteiger partial charge in [0.2, 0.25) is 0 Å². The lowest BCUT2D eigenvalue weighted by atomic mass is 10.0. The molecule has 1 saturated heterocycles. The van der Waals surface area contributed by atoms with Crippen LogP contribution in [0.25, 0.3) is 0 Å². The zero-order valence-corrected chi connectivity index (χ0v) is 13.4. The Morgan fingerprint density at radius 1 is 1.09 bits per heavy atom. The van der Waals surface area contributed by atoms with E-state index in [0.717, 1.165) is 26.2 Å². The lowest BCUT2D eigenvalue weighted by Gasteiger charge is -2.32. The second kappa shape index (κ2) is 7.32. The molecule has 0 bridgehead atoms. The van der Waals surface area contributed by atoms with Crippen LogP contribution in [-0.2, 0) is 12.6 Å². The Bertz CT molecular complexity index is 554. The van der Waals surface area contributed by atoms with Crippen LogP contribution in [0, 0.1) is 11.6 Å². The number of piperazine rings is 1. The van der Waals surface area contributed by atoms with Gasteiger partial charge >= 0.3 is 6.18 Å². The third-order valence-corrected chi connectivity index (χ3v) is 4.39. The van der Waals surface area contributed by atoms with Gasteiger partial charge in [0.15, 0.2) is 11.6 Å². The van der Waals surface area contributed by atoms with Crippen LogP contribution in [0.15, 0.2) is 6.07 Å². The molecule has 0 spiro atoms. The molecular formula is C15H18ClF5N2. The van der Waals surface area contributed by atoms with E-state index in [1.54, 1.807) is 0 Å². The van der Waals surface area contributed by atoms with Crippen LogP contribution in [0.5, 0.6) is 0 Å². The van der Waals surface area contributed by atoms with Crippen molar-refractivity contribution in [3.63, 3.8) is 0 Å². The molecule has 0 aromatic heterocycles. The summed E-state index contributed by atoms with van der Waals surface area (Å²) < 4.78 is 65.3. The predicted octanol–water partition coefficient (Wildman–Crippen LogP) is 3.82. The van der Waals surface area contributed by atoms with E-state index in [1.807, 2.05) is 7.05 Å². The van der Waals surface area contributed by atoms with Crippen LogP contribution in [0.3, 0.4) is 0 Å². The largest absolute Gasteiger partial charge is 0.419 e. The van der Waals surface area contributed by atoms with E-state index in [4.69, 9.17) is 11.6 Å². The van der Waals surface area contributed by atoms with Crippen LogP contribution in [-0.4, -0.2) is 49.6 Å². The maximum atomic E-state index is 13.9. The molecule has 1 fully saturated rings. The molecule has 1 aliphatic heterocycles. The van der Waals surface area contributed by atoms with Crippen LogP contribution in [0.4, 0.5) is 22.0 Å². The summed E-state index contributed by atoms with van der Waals surface area (Å²) in [6, 6.07) is 0.463. The van der Waals surface area contributed by atoms with Crippen molar-refractivity contribution in [2.24, 2.45) is 0 Å². The molecule has 0 aliphatic carbocycles. The lowest BCUT2D eigenvalue weighted by molar-refractivity contribution is -0.140. The molecular weight excluding hydrogens is 339 g/mol. The molecule has 23 heavy (non-hydrogen) atoms. The zero-order chi connectivity index (χ0) is 17.2. The first-order valence-corrected chi connectivity index (χ1v) is 7.72. The van der Waals surface area contributed by atoms with E-state index in [1.165, 1.54) is 0 Å². The van der Waals surface area contributed by atoms with E-state index < -0.39 is 23.4 Å². The van der Waals surface area contributed by atoms with Crippen LogP contribution >= 0.6 is 11.6 Å². The Kier molecular flexibility index (Phi) is 5.86. The Labute approximate surface area is 136 Å². The molecule has 0 saturated carbocycles. The topological polar surface area (TPSA) is 6.48 Å². The van der Waals surface area contributed by atoms with Crippen molar-refractivity contribution in [3.05, 3.63) is 33.9 Å². The Hall–Kier alpha value is -0.920. The molecule has 130 valence electrons. The quantitative estimate of drug-likeness (QED) is 0.598. The maximum Gasteiger partial charge on any atom is 0.419 e. The van der Waals surface area contributed by atoms with Crippen molar-refractivity contribution in [2.45, 2.75) is 19.0 Å². The SMILES string of the molecule is CN1CCN(CCCc2c(Cl)cc(C(F)(F)F)c(F)c2F)CC1. The summed E-state index contributed by atoms with van der Waals surface area (Å²) in [6.07, 6.45) is -4.36. The molecule has 1 aromatic carbocycles.